The number of nitrogens with zero attached hydrogens (tertiary/aromatic N) is 1. The molecule has 1 N–H and O–H groups in total. The second-order valence-corrected chi connectivity index (χ2v) is 3.63. The number of phenols is 1. The predicted molar refractivity (Wildman–Crippen MR) is 61.8 cm³/mol. The third-order valence-corrected chi connectivity index (χ3v) is 2.70. The predicted octanol–water partition coefficient (Wildman–Crippen LogP) is 1.99. The van der Waals surface area contributed by atoms with E-state index >= 15 is 0 Å². The molecule has 86 valence electrons. The molecule has 1 aliphatic rings. The van der Waals surface area contributed by atoms with Gasteiger partial charge in [-0.1, -0.05) is 0 Å². The highest BCUT2D eigenvalue weighted by Gasteiger charge is 2.19. The molecule has 0 unspecified atom stereocenters. The summed E-state index contributed by atoms with van der Waals surface area (Å²) in [4.78, 5) is 4.36. The summed E-state index contributed by atoms with van der Waals surface area (Å²) in [7, 11) is 3.06. The molecule has 4 nitrogen and oxygen atoms in total. The number of aliphatic imine (C=N–C) groups is 1. The van der Waals surface area contributed by atoms with Crippen LogP contribution >= 0.6 is 0 Å². The summed E-state index contributed by atoms with van der Waals surface area (Å²) in [5.41, 5.74) is 1.69. The van der Waals surface area contributed by atoms with Crippen molar-refractivity contribution >= 4 is 5.71 Å². The highest BCUT2D eigenvalue weighted by Crippen LogP contribution is 2.39. The van der Waals surface area contributed by atoms with E-state index in [1.165, 1.54) is 7.11 Å². The van der Waals surface area contributed by atoms with Gasteiger partial charge in [-0.05, 0) is 25.0 Å². The molecule has 1 heterocycles. The summed E-state index contributed by atoms with van der Waals surface area (Å²) < 4.78 is 10.2. The van der Waals surface area contributed by atoms with Gasteiger partial charge in [0.15, 0.2) is 11.5 Å². The van der Waals surface area contributed by atoms with E-state index < -0.39 is 0 Å². The van der Waals surface area contributed by atoms with Gasteiger partial charge in [0.1, 0.15) is 0 Å². The van der Waals surface area contributed by atoms with Gasteiger partial charge in [0.05, 0.1) is 14.2 Å². The highest BCUT2D eigenvalue weighted by molar-refractivity contribution is 6.04. The van der Waals surface area contributed by atoms with Crippen molar-refractivity contribution in [1.29, 1.82) is 0 Å². The van der Waals surface area contributed by atoms with Crippen LogP contribution in [0.25, 0.3) is 0 Å². The SMILES string of the molecule is COc1ccc(C2=NCCC2)c(O)c1OC. The third kappa shape index (κ3) is 1.71. The van der Waals surface area contributed by atoms with Crippen LogP contribution in [0.3, 0.4) is 0 Å². The van der Waals surface area contributed by atoms with E-state index in [0.717, 1.165) is 30.7 Å². The maximum atomic E-state index is 10.1. The van der Waals surface area contributed by atoms with E-state index in [4.69, 9.17) is 9.47 Å². The zero-order chi connectivity index (χ0) is 11.5. The van der Waals surface area contributed by atoms with Gasteiger partial charge in [-0.2, -0.15) is 0 Å². The molecule has 1 aromatic carbocycles. The van der Waals surface area contributed by atoms with Crippen LogP contribution in [0.15, 0.2) is 17.1 Å². The van der Waals surface area contributed by atoms with Crippen LogP contribution in [0.2, 0.25) is 0 Å². The normalized spacial score (nSPS) is 14.8. The van der Waals surface area contributed by atoms with Gasteiger partial charge in [-0.25, -0.2) is 0 Å². The third-order valence-electron chi connectivity index (χ3n) is 2.70. The van der Waals surface area contributed by atoms with Crippen LogP contribution in [0.1, 0.15) is 18.4 Å². The number of ether oxygens (including phenoxy) is 2. The van der Waals surface area contributed by atoms with Crippen molar-refractivity contribution in [2.45, 2.75) is 12.8 Å². The minimum Gasteiger partial charge on any atom is -0.504 e. The fourth-order valence-corrected chi connectivity index (χ4v) is 1.90. The highest BCUT2D eigenvalue weighted by atomic mass is 16.5. The second-order valence-electron chi connectivity index (χ2n) is 3.63. The molecule has 0 atom stereocenters. The Bertz CT molecular complexity index is 427. The molecule has 0 aliphatic carbocycles. The second kappa shape index (κ2) is 4.43. The molecular weight excluding hydrogens is 206 g/mol. The van der Waals surface area contributed by atoms with E-state index in [9.17, 15) is 5.11 Å². The molecule has 0 saturated carbocycles. The first kappa shape index (κ1) is 10.8. The standard InChI is InChI=1S/C12H15NO3/c1-15-10-6-5-8(9-4-3-7-13-9)11(14)12(10)16-2/h5-6,14H,3-4,7H2,1-2H3. The molecule has 1 aromatic rings. The Kier molecular flexibility index (Phi) is 2.99. The van der Waals surface area contributed by atoms with Crippen LogP contribution in [0.5, 0.6) is 17.2 Å². The van der Waals surface area contributed by atoms with Crippen molar-refractivity contribution in [3.8, 4) is 17.2 Å². The Balaban J connectivity index is 2.48. The smallest absolute Gasteiger partial charge is 0.203 e. The van der Waals surface area contributed by atoms with E-state index in [2.05, 4.69) is 4.99 Å². The van der Waals surface area contributed by atoms with E-state index in [1.807, 2.05) is 6.07 Å². The van der Waals surface area contributed by atoms with Crippen LogP contribution < -0.4 is 9.47 Å². The van der Waals surface area contributed by atoms with Gasteiger partial charge < -0.3 is 14.6 Å². The Morgan fingerprint density at radius 2 is 2.06 bits per heavy atom. The van der Waals surface area contributed by atoms with Crippen molar-refractivity contribution in [3.05, 3.63) is 17.7 Å². The van der Waals surface area contributed by atoms with Crippen molar-refractivity contribution in [3.63, 3.8) is 0 Å². The van der Waals surface area contributed by atoms with E-state index in [0.29, 0.717) is 11.5 Å². The molecular formula is C12H15NO3. The zero-order valence-corrected chi connectivity index (χ0v) is 9.49. The molecule has 0 bridgehead atoms. The van der Waals surface area contributed by atoms with Crippen LogP contribution in [-0.2, 0) is 0 Å². The number of benzene rings is 1. The number of aromatic hydroxyl groups is 1. The first-order valence-electron chi connectivity index (χ1n) is 5.25. The largest absolute Gasteiger partial charge is 0.504 e. The number of rotatable bonds is 3. The Hall–Kier alpha value is -1.71. The molecule has 0 fully saturated rings. The fraction of sp³-hybridized carbons (Fsp3) is 0.417. The summed E-state index contributed by atoms with van der Waals surface area (Å²) in [6.45, 7) is 0.836. The quantitative estimate of drug-likeness (QED) is 0.849. The lowest BCUT2D eigenvalue weighted by Crippen LogP contribution is -1.99. The summed E-state index contributed by atoms with van der Waals surface area (Å²) in [5.74, 6) is 1.01. The minimum atomic E-state index is 0.113. The maximum absolute atomic E-state index is 10.1. The van der Waals surface area contributed by atoms with E-state index in [-0.39, 0.29) is 5.75 Å². The first-order valence-corrected chi connectivity index (χ1v) is 5.25. The van der Waals surface area contributed by atoms with E-state index in [1.54, 1.807) is 13.2 Å². The molecule has 2 rings (SSSR count). The van der Waals surface area contributed by atoms with Crippen molar-refractivity contribution in [1.82, 2.24) is 0 Å². The number of hydrogen-bond donors (Lipinski definition) is 1. The molecule has 0 radical (unpaired) electrons. The fourth-order valence-electron chi connectivity index (χ4n) is 1.90. The van der Waals surface area contributed by atoms with Gasteiger partial charge in [-0.3, -0.25) is 4.99 Å². The minimum absolute atomic E-state index is 0.113. The topological polar surface area (TPSA) is 51.0 Å². The molecule has 0 amide bonds. The molecule has 4 heteroatoms. The van der Waals surface area contributed by atoms with Gasteiger partial charge >= 0.3 is 0 Å². The lowest BCUT2D eigenvalue weighted by atomic mass is 10.1. The average Bonchev–Trinajstić information content (AvgIpc) is 2.81. The van der Waals surface area contributed by atoms with Gasteiger partial charge in [-0.15, -0.1) is 0 Å². The molecule has 1 aliphatic heterocycles. The van der Waals surface area contributed by atoms with Crippen LogP contribution in [0, 0.1) is 0 Å². The number of phenolic OH excluding ortho intramolecular Hbond substituents is 1. The van der Waals surface area contributed by atoms with Gasteiger partial charge in [0, 0.05) is 17.8 Å². The van der Waals surface area contributed by atoms with Crippen LogP contribution in [-0.4, -0.2) is 31.6 Å². The van der Waals surface area contributed by atoms with Crippen molar-refractivity contribution in [2.75, 3.05) is 20.8 Å². The van der Waals surface area contributed by atoms with Gasteiger partial charge in [0.25, 0.3) is 0 Å². The number of hydrogen-bond acceptors (Lipinski definition) is 4. The lowest BCUT2D eigenvalue weighted by Gasteiger charge is -2.12. The molecule has 16 heavy (non-hydrogen) atoms. The summed E-state index contributed by atoms with van der Waals surface area (Å²) in [6.07, 6.45) is 1.95. The Morgan fingerprint density at radius 3 is 2.62 bits per heavy atom. The van der Waals surface area contributed by atoms with Crippen molar-refractivity contribution in [2.24, 2.45) is 4.99 Å². The number of methoxy groups -OCH3 is 2. The summed E-state index contributed by atoms with van der Waals surface area (Å²) in [6, 6.07) is 3.61. The first-order chi connectivity index (χ1) is 7.77. The molecule has 0 saturated heterocycles. The summed E-state index contributed by atoms with van der Waals surface area (Å²) >= 11 is 0. The Labute approximate surface area is 94.5 Å². The maximum Gasteiger partial charge on any atom is 0.203 e. The average molecular weight is 221 g/mol. The van der Waals surface area contributed by atoms with Crippen molar-refractivity contribution < 1.29 is 14.6 Å². The summed E-state index contributed by atoms with van der Waals surface area (Å²) in [5, 5.41) is 10.1. The molecule has 0 spiro atoms. The molecule has 0 aromatic heterocycles. The Morgan fingerprint density at radius 1 is 1.25 bits per heavy atom. The van der Waals surface area contributed by atoms with Crippen LogP contribution in [0.4, 0.5) is 0 Å². The lowest BCUT2D eigenvalue weighted by molar-refractivity contribution is 0.333. The van der Waals surface area contributed by atoms with Gasteiger partial charge in [0.2, 0.25) is 5.75 Å². The monoisotopic (exact) mass is 221 g/mol. The zero-order valence-electron chi connectivity index (χ0n) is 9.49.